The second-order valence-electron chi connectivity index (χ2n) is 5.87. The minimum Gasteiger partial charge on any atom is -0.490 e. The molecular weight excluding hydrogens is 432 g/mol. The Balaban J connectivity index is 2.01. The first-order valence-electron chi connectivity index (χ1n) is 8.99. The molecule has 0 aliphatic heterocycles. The number of ether oxygens (including phenoxy) is 2. The van der Waals surface area contributed by atoms with Crippen molar-refractivity contribution in [1.82, 2.24) is 10.6 Å². The molecule has 0 aromatic heterocycles. The highest BCUT2D eigenvalue weighted by Crippen LogP contribution is 2.37. The Labute approximate surface area is 174 Å². The monoisotopic (exact) mass is 456 g/mol. The van der Waals surface area contributed by atoms with Crippen LogP contribution in [0.1, 0.15) is 18.1 Å². The van der Waals surface area contributed by atoms with E-state index in [0.717, 1.165) is 28.7 Å². The largest absolute Gasteiger partial charge is 0.490 e. The Kier molecular flexibility index (Phi) is 9.94. The lowest BCUT2D eigenvalue weighted by molar-refractivity contribution is 0.267. The van der Waals surface area contributed by atoms with Crippen LogP contribution >= 0.6 is 27.5 Å². The Hall–Kier alpha value is -1.31. The molecule has 0 bridgehead atoms. The average molecular weight is 458 g/mol. The first kappa shape index (κ1) is 22.0. The van der Waals surface area contributed by atoms with Gasteiger partial charge in [0, 0.05) is 36.8 Å². The number of halogens is 2. The molecule has 0 unspecified atom stereocenters. The van der Waals surface area contributed by atoms with E-state index in [1.807, 2.05) is 43.3 Å². The average Bonchev–Trinajstić information content (AvgIpc) is 2.65. The van der Waals surface area contributed by atoms with Gasteiger partial charge < -0.3 is 25.2 Å². The summed E-state index contributed by atoms with van der Waals surface area (Å²) in [5.74, 6) is 1.37. The summed E-state index contributed by atoms with van der Waals surface area (Å²) in [4.78, 5) is 0. The molecule has 0 saturated heterocycles. The lowest BCUT2D eigenvalue weighted by Gasteiger charge is -2.16. The zero-order chi connectivity index (χ0) is 19.5. The molecule has 0 saturated carbocycles. The third kappa shape index (κ3) is 7.31. The SMILES string of the molecule is CCOc1cc(CNCCNCCO)cc(Br)c1OCc1ccccc1Cl. The van der Waals surface area contributed by atoms with E-state index in [4.69, 9.17) is 26.2 Å². The summed E-state index contributed by atoms with van der Waals surface area (Å²) in [5.41, 5.74) is 2.02. The topological polar surface area (TPSA) is 62.8 Å². The molecule has 0 atom stereocenters. The molecule has 0 amide bonds. The molecule has 148 valence electrons. The normalized spacial score (nSPS) is 10.8. The fraction of sp³-hybridized carbons (Fsp3) is 0.400. The quantitative estimate of drug-likeness (QED) is 0.424. The summed E-state index contributed by atoms with van der Waals surface area (Å²) in [7, 11) is 0. The third-order valence-corrected chi connectivity index (χ3v) is 4.75. The predicted octanol–water partition coefficient (Wildman–Crippen LogP) is 3.75. The molecule has 0 aliphatic rings. The van der Waals surface area contributed by atoms with Crippen LogP contribution < -0.4 is 20.1 Å². The van der Waals surface area contributed by atoms with Gasteiger partial charge in [0.05, 0.1) is 17.7 Å². The summed E-state index contributed by atoms with van der Waals surface area (Å²) in [6.07, 6.45) is 0. The van der Waals surface area contributed by atoms with Crippen molar-refractivity contribution < 1.29 is 14.6 Å². The number of nitrogens with one attached hydrogen (secondary N) is 2. The number of benzene rings is 2. The van der Waals surface area contributed by atoms with E-state index >= 15 is 0 Å². The van der Waals surface area contributed by atoms with E-state index in [9.17, 15) is 0 Å². The first-order valence-corrected chi connectivity index (χ1v) is 10.2. The van der Waals surface area contributed by atoms with Crippen LogP contribution in [0.15, 0.2) is 40.9 Å². The zero-order valence-electron chi connectivity index (χ0n) is 15.4. The van der Waals surface area contributed by atoms with Gasteiger partial charge in [-0.3, -0.25) is 0 Å². The molecule has 27 heavy (non-hydrogen) atoms. The third-order valence-electron chi connectivity index (χ3n) is 3.80. The van der Waals surface area contributed by atoms with Crippen molar-refractivity contribution in [1.29, 1.82) is 0 Å². The van der Waals surface area contributed by atoms with E-state index in [-0.39, 0.29) is 6.61 Å². The van der Waals surface area contributed by atoms with Gasteiger partial charge in [-0.15, -0.1) is 0 Å². The number of hydrogen-bond donors (Lipinski definition) is 3. The van der Waals surface area contributed by atoms with Gasteiger partial charge in [0.25, 0.3) is 0 Å². The molecule has 2 rings (SSSR count). The van der Waals surface area contributed by atoms with Crippen LogP contribution in [0.2, 0.25) is 5.02 Å². The minimum atomic E-state index is 0.153. The van der Waals surface area contributed by atoms with Crippen molar-refractivity contribution in [3.8, 4) is 11.5 Å². The van der Waals surface area contributed by atoms with Gasteiger partial charge in [-0.1, -0.05) is 29.8 Å². The maximum absolute atomic E-state index is 8.75. The van der Waals surface area contributed by atoms with Gasteiger partial charge in [0.15, 0.2) is 11.5 Å². The molecule has 2 aromatic carbocycles. The minimum absolute atomic E-state index is 0.153. The van der Waals surface area contributed by atoms with Crippen LogP contribution in [0, 0.1) is 0 Å². The summed E-state index contributed by atoms with van der Waals surface area (Å²) >= 11 is 9.81. The van der Waals surface area contributed by atoms with Crippen LogP contribution in [0.4, 0.5) is 0 Å². The van der Waals surface area contributed by atoms with Crippen molar-refractivity contribution in [2.45, 2.75) is 20.1 Å². The maximum Gasteiger partial charge on any atom is 0.175 e. The summed E-state index contributed by atoms with van der Waals surface area (Å²) in [6, 6.07) is 11.6. The molecular formula is C20H26BrClN2O3. The van der Waals surface area contributed by atoms with E-state index in [0.29, 0.717) is 42.8 Å². The highest BCUT2D eigenvalue weighted by molar-refractivity contribution is 9.10. The fourth-order valence-electron chi connectivity index (χ4n) is 2.51. The lowest BCUT2D eigenvalue weighted by atomic mass is 10.2. The van der Waals surface area contributed by atoms with E-state index in [1.54, 1.807) is 0 Å². The van der Waals surface area contributed by atoms with Gasteiger partial charge in [-0.2, -0.15) is 0 Å². The van der Waals surface area contributed by atoms with Crippen LogP contribution in [-0.4, -0.2) is 38.0 Å². The summed E-state index contributed by atoms with van der Waals surface area (Å²) < 4.78 is 12.6. The van der Waals surface area contributed by atoms with Gasteiger partial charge in [-0.05, 0) is 46.6 Å². The molecule has 3 N–H and O–H groups in total. The molecule has 0 heterocycles. The zero-order valence-corrected chi connectivity index (χ0v) is 17.8. The lowest BCUT2D eigenvalue weighted by Crippen LogP contribution is -2.28. The van der Waals surface area contributed by atoms with Crippen LogP contribution in [0.5, 0.6) is 11.5 Å². The molecule has 0 radical (unpaired) electrons. The Morgan fingerprint density at radius 1 is 1.07 bits per heavy atom. The van der Waals surface area contributed by atoms with Crippen LogP contribution in [0.3, 0.4) is 0 Å². The molecule has 5 nitrogen and oxygen atoms in total. The number of rotatable bonds is 12. The second kappa shape index (κ2) is 12.2. The Morgan fingerprint density at radius 3 is 2.59 bits per heavy atom. The Bertz CT molecular complexity index is 716. The van der Waals surface area contributed by atoms with Crippen LogP contribution in [0.25, 0.3) is 0 Å². The van der Waals surface area contributed by atoms with E-state index < -0.39 is 0 Å². The summed E-state index contributed by atoms with van der Waals surface area (Å²) in [5, 5.41) is 15.9. The van der Waals surface area contributed by atoms with Gasteiger partial charge in [0.1, 0.15) is 6.61 Å². The van der Waals surface area contributed by atoms with E-state index in [2.05, 4.69) is 26.6 Å². The molecule has 0 fully saturated rings. The van der Waals surface area contributed by atoms with E-state index in [1.165, 1.54) is 0 Å². The van der Waals surface area contributed by atoms with Crippen molar-refractivity contribution in [3.05, 3.63) is 57.0 Å². The van der Waals surface area contributed by atoms with Gasteiger partial charge in [-0.25, -0.2) is 0 Å². The second-order valence-corrected chi connectivity index (χ2v) is 7.13. The van der Waals surface area contributed by atoms with Crippen molar-refractivity contribution in [3.63, 3.8) is 0 Å². The predicted molar refractivity (Wildman–Crippen MR) is 113 cm³/mol. The van der Waals surface area contributed by atoms with Crippen molar-refractivity contribution >= 4 is 27.5 Å². The highest BCUT2D eigenvalue weighted by Gasteiger charge is 2.13. The molecule has 7 heteroatoms. The smallest absolute Gasteiger partial charge is 0.175 e. The number of aliphatic hydroxyl groups excluding tert-OH is 1. The van der Waals surface area contributed by atoms with Crippen LogP contribution in [-0.2, 0) is 13.2 Å². The highest BCUT2D eigenvalue weighted by atomic mass is 79.9. The Morgan fingerprint density at radius 2 is 1.85 bits per heavy atom. The molecule has 2 aromatic rings. The standard InChI is InChI=1S/C20H26BrClN2O3/c1-2-26-19-12-15(13-24-8-7-23-9-10-25)11-17(21)20(19)27-14-16-5-3-4-6-18(16)22/h3-6,11-12,23-25H,2,7-10,13-14H2,1H3. The maximum atomic E-state index is 8.75. The summed E-state index contributed by atoms with van der Waals surface area (Å²) in [6.45, 7) is 5.96. The number of aliphatic hydroxyl groups is 1. The van der Waals surface area contributed by atoms with Gasteiger partial charge in [0.2, 0.25) is 0 Å². The molecule has 0 spiro atoms. The fourth-order valence-corrected chi connectivity index (χ4v) is 3.30. The van der Waals surface area contributed by atoms with Crippen molar-refractivity contribution in [2.75, 3.05) is 32.8 Å². The first-order chi connectivity index (χ1) is 13.2. The van der Waals surface area contributed by atoms with Gasteiger partial charge >= 0.3 is 0 Å². The van der Waals surface area contributed by atoms with Crippen molar-refractivity contribution in [2.24, 2.45) is 0 Å². The molecule has 0 aliphatic carbocycles. The number of hydrogen-bond acceptors (Lipinski definition) is 5.